The molecule has 0 amide bonds. The Hall–Kier alpha value is -0.0800. The van der Waals surface area contributed by atoms with Crippen molar-refractivity contribution in [3.05, 3.63) is 0 Å². The van der Waals surface area contributed by atoms with Gasteiger partial charge in [-0.1, -0.05) is 13.3 Å². The van der Waals surface area contributed by atoms with Gasteiger partial charge in [0, 0.05) is 6.54 Å². The van der Waals surface area contributed by atoms with E-state index >= 15 is 0 Å². The molecule has 0 spiro atoms. The SMILES string of the molecule is CCC(C)(O)CNCC1CCC1. The van der Waals surface area contributed by atoms with Crippen molar-refractivity contribution < 1.29 is 5.11 Å². The summed E-state index contributed by atoms with van der Waals surface area (Å²) in [7, 11) is 0. The Morgan fingerprint density at radius 3 is 2.58 bits per heavy atom. The van der Waals surface area contributed by atoms with Gasteiger partial charge in [-0.25, -0.2) is 0 Å². The minimum absolute atomic E-state index is 0.510. The Morgan fingerprint density at radius 1 is 1.50 bits per heavy atom. The Balaban J connectivity index is 2.00. The van der Waals surface area contributed by atoms with Gasteiger partial charge in [-0.05, 0) is 38.6 Å². The third-order valence-corrected chi connectivity index (χ3v) is 2.93. The number of hydrogen-bond donors (Lipinski definition) is 2. The zero-order chi connectivity index (χ0) is 9.03. The van der Waals surface area contributed by atoms with Gasteiger partial charge in [0.25, 0.3) is 0 Å². The first-order chi connectivity index (χ1) is 5.64. The average Bonchev–Trinajstić information content (AvgIpc) is 1.95. The molecule has 0 saturated heterocycles. The standard InChI is InChI=1S/C10H21NO/c1-3-10(2,12)8-11-7-9-5-4-6-9/h9,11-12H,3-8H2,1-2H3. The normalized spacial score (nSPS) is 23.2. The topological polar surface area (TPSA) is 32.3 Å². The highest BCUT2D eigenvalue weighted by molar-refractivity contribution is 4.76. The summed E-state index contributed by atoms with van der Waals surface area (Å²) < 4.78 is 0. The maximum absolute atomic E-state index is 9.66. The molecule has 1 atom stereocenters. The van der Waals surface area contributed by atoms with Gasteiger partial charge in [0.1, 0.15) is 0 Å². The number of rotatable bonds is 5. The second-order valence-corrected chi connectivity index (χ2v) is 4.28. The smallest absolute Gasteiger partial charge is 0.0740 e. The number of nitrogens with one attached hydrogen (secondary N) is 1. The maximum atomic E-state index is 9.66. The van der Waals surface area contributed by atoms with Crippen LogP contribution >= 0.6 is 0 Å². The van der Waals surface area contributed by atoms with Crippen LogP contribution in [0.25, 0.3) is 0 Å². The quantitative estimate of drug-likeness (QED) is 0.657. The lowest BCUT2D eigenvalue weighted by Crippen LogP contribution is -2.40. The summed E-state index contributed by atoms with van der Waals surface area (Å²) in [4.78, 5) is 0. The van der Waals surface area contributed by atoms with Crippen LogP contribution in [0.4, 0.5) is 0 Å². The molecule has 1 unspecified atom stereocenters. The van der Waals surface area contributed by atoms with E-state index < -0.39 is 5.60 Å². The van der Waals surface area contributed by atoms with Crippen molar-refractivity contribution in [2.45, 2.75) is 45.1 Å². The summed E-state index contributed by atoms with van der Waals surface area (Å²) >= 11 is 0. The molecule has 0 radical (unpaired) electrons. The molecule has 0 aliphatic heterocycles. The van der Waals surface area contributed by atoms with Gasteiger partial charge in [0.05, 0.1) is 5.60 Å². The molecule has 0 bridgehead atoms. The van der Waals surface area contributed by atoms with E-state index in [1.807, 2.05) is 13.8 Å². The minimum atomic E-state index is -0.510. The van der Waals surface area contributed by atoms with Crippen LogP contribution in [0.5, 0.6) is 0 Å². The fourth-order valence-corrected chi connectivity index (χ4v) is 1.37. The summed E-state index contributed by atoms with van der Waals surface area (Å²) in [6, 6.07) is 0. The zero-order valence-electron chi connectivity index (χ0n) is 8.27. The summed E-state index contributed by atoms with van der Waals surface area (Å²) in [5, 5.41) is 13.0. The molecule has 2 N–H and O–H groups in total. The van der Waals surface area contributed by atoms with Crippen LogP contribution in [0.3, 0.4) is 0 Å². The molecule has 2 heteroatoms. The van der Waals surface area contributed by atoms with Crippen molar-refractivity contribution >= 4 is 0 Å². The van der Waals surface area contributed by atoms with Gasteiger partial charge in [-0.3, -0.25) is 0 Å². The summed E-state index contributed by atoms with van der Waals surface area (Å²) in [5.74, 6) is 0.887. The lowest BCUT2D eigenvalue weighted by atomic mass is 9.85. The molecule has 0 aromatic carbocycles. The lowest BCUT2D eigenvalue weighted by Gasteiger charge is -2.28. The molecule has 1 fully saturated rings. The predicted molar refractivity (Wildman–Crippen MR) is 51.1 cm³/mol. The molecule has 1 rings (SSSR count). The van der Waals surface area contributed by atoms with Crippen LogP contribution in [0.2, 0.25) is 0 Å². The van der Waals surface area contributed by atoms with E-state index in [2.05, 4.69) is 5.32 Å². The van der Waals surface area contributed by atoms with Crippen LogP contribution in [-0.2, 0) is 0 Å². The summed E-state index contributed by atoms with van der Waals surface area (Å²) in [6.45, 7) is 5.74. The van der Waals surface area contributed by atoms with Crippen LogP contribution in [-0.4, -0.2) is 23.8 Å². The van der Waals surface area contributed by atoms with Crippen LogP contribution in [0.1, 0.15) is 39.5 Å². The van der Waals surface area contributed by atoms with Crippen molar-refractivity contribution in [3.63, 3.8) is 0 Å². The van der Waals surface area contributed by atoms with Crippen LogP contribution < -0.4 is 5.32 Å². The molecule has 1 saturated carbocycles. The minimum Gasteiger partial charge on any atom is -0.389 e. The highest BCUT2D eigenvalue weighted by Crippen LogP contribution is 2.25. The Kier molecular flexibility index (Phi) is 3.53. The molecule has 0 aromatic rings. The van der Waals surface area contributed by atoms with E-state index in [9.17, 15) is 5.11 Å². The second kappa shape index (κ2) is 4.24. The molecule has 0 aromatic heterocycles. The van der Waals surface area contributed by atoms with Crippen molar-refractivity contribution in [1.29, 1.82) is 0 Å². The van der Waals surface area contributed by atoms with Crippen molar-refractivity contribution in [3.8, 4) is 0 Å². The monoisotopic (exact) mass is 171 g/mol. The molecule has 72 valence electrons. The van der Waals surface area contributed by atoms with Crippen LogP contribution in [0.15, 0.2) is 0 Å². The van der Waals surface area contributed by atoms with Gasteiger partial charge in [-0.2, -0.15) is 0 Å². The maximum Gasteiger partial charge on any atom is 0.0740 e. The fourth-order valence-electron chi connectivity index (χ4n) is 1.37. The van der Waals surface area contributed by atoms with Gasteiger partial charge < -0.3 is 10.4 Å². The van der Waals surface area contributed by atoms with Gasteiger partial charge in [0.2, 0.25) is 0 Å². The first kappa shape index (κ1) is 10.0. The predicted octanol–water partition coefficient (Wildman–Crippen LogP) is 1.54. The third-order valence-electron chi connectivity index (χ3n) is 2.93. The van der Waals surface area contributed by atoms with Gasteiger partial charge in [0.15, 0.2) is 0 Å². The summed E-state index contributed by atoms with van der Waals surface area (Å²) in [6.07, 6.45) is 4.98. The molecular weight excluding hydrogens is 150 g/mol. The van der Waals surface area contributed by atoms with Gasteiger partial charge >= 0.3 is 0 Å². The molecule has 0 heterocycles. The molecule has 1 aliphatic rings. The van der Waals surface area contributed by atoms with Crippen molar-refractivity contribution in [2.75, 3.05) is 13.1 Å². The second-order valence-electron chi connectivity index (χ2n) is 4.28. The third kappa shape index (κ3) is 3.11. The molecule has 2 nitrogen and oxygen atoms in total. The molecule has 1 aliphatic carbocycles. The van der Waals surface area contributed by atoms with E-state index in [1.54, 1.807) is 0 Å². The Morgan fingerprint density at radius 2 is 2.17 bits per heavy atom. The Bertz CT molecular complexity index is 130. The average molecular weight is 171 g/mol. The number of hydrogen-bond acceptors (Lipinski definition) is 2. The van der Waals surface area contributed by atoms with E-state index in [-0.39, 0.29) is 0 Å². The molecular formula is C10H21NO. The highest BCUT2D eigenvalue weighted by atomic mass is 16.3. The summed E-state index contributed by atoms with van der Waals surface area (Å²) in [5.41, 5.74) is -0.510. The molecule has 12 heavy (non-hydrogen) atoms. The van der Waals surface area contributed by atoms with E-state index in [1.165, 1.54) is 19.3 Å². The van der Waals surface area contributed by atoms with E-state index in [4.69, 9.17) is 0 Å². The Labute approximate surface area is 75.4 Å². The highest BCUT2D eigenvalue weighted by Gasteiger charge is 2.20. The van der Waals surface area contributed by atoms with Gasteiger partial charge in [-0.15, -0.1) is 0 Å². The number of aliphatic hydroxyl groups is 1. The lowest BCUT2D eigenvalue weighted by molar-refractivity contribution is 0.0538. The fraction of sp³-hybridized carbons (Fsp3) is 1.00. The van der Waals surface area contributed by atoms with Crippen molar-refractivity contribution in [1.82, 2.24) is 5.32 Å². The zero-order valence-corrected chi connectivity index (χ0v) is 8.27. The first-order valence-electron chi connectivity index (χ1n) is 5.07. The first-order valence-corrected chi connectivity index (χ1v) is 5.07. The largest absolute Gasteiger partial charge is 0.389 e. The van der Waals surface area contributed by atoms with E-state index in [0.717, 1.165) is 25.4 Å². The van der Waals surface area contributed by atoms with E-state index in [0.29, 0.717) is 0 Å². The van der Waals surface area contributed by atoms with Crippen LogP contribution in [0, 0.1) is 5.92 Å². The van der Waals surface area contributed by atoms with Crippen molar-refractivity contribution in [2.24, 2.45) is 5.92 Å².